The Morgan fingerprint density at radius 2 is 2.25 bits per heavy atom. The van der Waals surface area contributed by atoms with Crippen LogP contribution in [-0.4, -0.2) is 24.6 Å². The van der Waals surface area contributed by atoms with Crippen molar-refractivity contribution in [2.24, 2.45) is 5.18 Å². The lowest BCUT2D eigenvalue weighted by molar-refractivity contribution is 0.233. The van der Waals surface area contributed by atoms with Gasteiger partial charge >= 0.3 is 0 Å². The van der Waals surface area contributed by atoms with Crippen LogP contribution in [0.4, 0.5) is 5.69 Å². The molecule has 0 atom stereocenters. The third-order valence-electron chi connectivity index (χ3n) is 1.94. The van der Waals surface area contributed by atoms with E-state index in [0.29, 0.717) is 24.5 Å². The predicted octanol–water partition coefficient (Wildman–Crippen LogP) is 2.71. The molecular weight excluding hydrogens is 226 g/mol. The zero-order valence-electron chi connectivity index (χ0n) is 9.18. The number of hydrogen-bond acceptors (Lipinski definition) is 5. The molecule has 5 heteroatoms. The Labute approximate surface area is 99.0 Å². The third-order valence-corrected chi connectivity index (χ3v) is 2.56. The summed E-state index contributed by atoms with van der Waals surface area (Å²) in [6.45, 7) is 0.542. The van der Waals surface area contributed by atoms with Crippen molar-refractivity contribution < 1.29 is 9.84 Å². The van der Waals surface area contributed by atoms with E-state index in [0.717, 1.165) is 11.3 Å². The van der Waals surface area contributed by atoms with Crippen LogP contribution in [-0.2, 0) is 5.75 Å². The third kappa shape index (κ3) is 4.20. The fraction of sp³-hybridized carbons (Fsp3) is 0.455. The molecule has 0 unspecified atom stereocenters. The first-order valence-corrected chi connectivity index (χ1v) is 6.39. The van der Waals surface area contributed by atoms with Gasteiger partial charge in [-0.1, -0.05) is 0 Å². The average Bonchev–Trinajstić information content (AvgIpc) is 2.29. The monoisotopic (exact) mass is 241 g/mol. The van der Waals surface area contributed by atoms with Gasteiger partial charge in [0.05, 0.1) is 6.61 Å². The van der Waals surface area contributed by atoms with Crippen molar-refractivity contribution in [3.05, 3.63) is 28.7 Å². The number of hydrogen-bond donors (Lipinski definition) is 1. The largest absolute Gasteiger partial charge is 0.493 e. The molecule has 1 aromatic rings. The number of thioether (sulfide) groups is 1. The summed E-state index contributed by atoms with van der Waals surface area (Å²) in [4.78, 5) is 10.5. The highest BCUT2D eigenvalue weighted by molar-refractivity contribution is 7.97. The molecular formula is C11H15NO3S. The highest BCUT2D eigenvalue weighted by Gasteiger charge is 2.02. The second kappa shape index (κ2) is 7.24. The van der Waals surface area contributed by atoms with Gasteiger partial charge in [0.25, 0.3) is 0 Å². The first-order valence-electron chi connectivity index (χ1n) is 5.00. The summed E-state index contributed by atoms with van der Waals surface area (Å²) in [6, 6.07) is 5.25. The lowest BCUT2D eigenvalue weighted by atomic mass is 10.2. The van der Waals surface area contributed by atoms with E-state index in [4.69, 9.17) is 9.84 Å². The molecule has 1 rings (SSSR count). The molecule has 0 heterocycles. The first kappa shape index (κ1) is 13.0. The van der Waals surface area contributed by atoms with E-state index in [2.05, 4.69) is 5.18 Å². The van der Waals surface area contributed by atoms with Crippen molar-refractivity contribution in [2.45, 2.75) is 12.2 Å². The minimum Gasteiger partial charge on any atom is -0.493 e. The molecule has 0 bridgehead atoms. The van der Waals surface area contributed by atoms with E-state index in [1.807, 2.05) is 12.3 Å². The van der Waals surface area contributed by atoms with Gasteiger partial charge in [-0.25, -0.2) is 0 Å². The molecule has 1 N–H and O–H groups in total. The Balaban J connectivity index is 2.73. The van der Waals surface area contributed by atoms with Crippen LogP contribution in [0.15, 0.2) is 23.4 Å². The molecule has 4 nitrogen and oxygen atoms in total. The molecule has 1 aromatic carbocycles. The van der Waals surface area contributed by atoms with Crippen LogP contribution in [0.25, 0.3) is 0 Å². The van der Waals surface area contributed by atoms with Gasteiger partial charge in [-0.2, -0.15) is 11.8 Å². The van der Waals surface area contributed by atoms with E-state index in [9.17, 15) is 4.91 Å². The molecule has 0 aliphatic rings. The number of rotatable bonds is 7. The van der Waals surface area contributed by atoms with Gasteiger partial charge in [-0.15, -0.1) is 4.91 Å². The van der Waals surface area contributed by atoms with Crippen LogP contribution in [0.3, 0.4) is 0 Å². The number of benzene rings is 1. The van der Waals surface area contributed by atoms with Gasteiger partial charge in [0.1, 0.15) is 11.4 Å². The molecule has 88 valence electrons. The Morgan fingerprint density at radius 3 is 2.88 bits per heavy atom. The summed E-state index contributed by atoms with van der Waals surface area (Å²) < 4.78 is 5.41. The van der Waals surface area contributed by atoms with E-state index in [1.165, 1.54) is 0 Å². The Morgan fingerprint density at radius 1 is 1.44 bits per heavy atom. The maximum Gasteiger partial charge on any atom is 0.121 e. The maximum atomic E-state index is 10.5. The van der Waals surface area contributed by atoms with Gasteiger partial charge in [0, 0.05) is 24.8 Å². The SMILES string of the molecule is CSCc1cc(N=O)cc(OCCCO)c1. The summed E-state index contributed by atoms with van der Waals surface area (Å²) in [6.07, 6.45) is 2.57. The second-order valence-electron chi connectivity index (χ2n) is 3.29. The molecule has 0 amide bonds. The topological polar surface area (TPSA) is 58.9 Å². The van der Waals surface area contributed by atoms with Crippen molar-refractivity contribution in [1.82, 2.24) is 0 Å². The second-order valence-corrected chi connectivity index (χ2v) is 4.15. The molecule has 0 saturated heterocycles. The number of nitrogens with zero attached hydrogens (tertiary/aromatic N) is 1. The fourth-order valence-corrected chi connectivity index (χ4v) is 1.78. The van der Waals surface area contributed by atoms with Crippen molar-refractivity contribution >= 4 is 17.4 Å². The van der Waals surface area contributed by atoms with Crippen LogP contribution in [0, 0.1) is 4.91 Å². The first-order chi connectivity index (χ1) is 7.80. The summed E-state index contributed by atoms with van der Waals surface area (Å²) in [7, 11) is 0. The van der Waals surface area contributed by atoms with Crippen molar-refractivity contribution in [3.63, 3.8) is 0 Å². The predicted molar refractivity (Wildman–Crippen MR) is 66.3 cm³/mol. The smallest absolute Gasteiger partial charge is 0.121 e. The van der Waals surface area contributed by atoms with Crippen molar-refractivity contribution in [3.8, 4) is 5.75 Å². The van der Waals surface area contributed by atoms with Crippen molar-refractivity contribution in [2.75, 3.05) is 19.5 Å². The molecule has 0 spiro atoms. The van der Waals surface area contributed by atoms with E-state index >= 15 is 0 Å². The quantitative estimate of drug-likeness (QED) is 0.589. The van der Waals surface area contributed by atoms with Crippen LogP contribution in [0.2, 0.25) is 0 Å². The van der Waals surface area contributed by atoms with Gasteiger partial charge in [-0.3, -0.25) is 0 Å². The van der Waals surface area contributed by atoms with E-state index in [1.54, 1.807) is 23.9 Å². The lowest BCUT2D eigenvalue weighted by Crippen LogP contribution is -1.99. The maximum absolute atomic E-state index is 10.5. The molecule has 0 fully saturated rings. The zero-order valence-corrected chi connectivity index (χ0v) is 10.00. The Hall–Kier alpha value is -1.07. The average molecular weight is 241 g/mol. The number of aliphatic hydroxyl groups excluding tert-OH is 1. The number of nitroso groups, excluding NO2 is 1. The van der Waals surface area contributed by atoms with E-state index in [-0.39, 0.29) is 6.61 Å². The zero-order chi connectivity index (χ0) is 11.8. The summed E-state index contributed by atoms with van der Waals surface area (Å²) in [5, 5.41) is 11.5. The molecule has 16 heavy (non-hydrogen) atoms. The molecule has 0 aliphatic carbocycles. The molecule has 0 aromatic heterocycles. The Kier molecular flexibility index (Phi) is 5.88. The van der Waals surface area contributed by atoms with Gasteiger partial charge in [0.2, 0.25) is 0 Å². The summed E-state index contributed by atoms with van der Waals surface area (Å²) in [5.41, 5.74) is 1.40. The number of aliphatic hydroxyl groups is 1. The normalized spacial score (nSPS) is 10.1. The highest BCUT2D eigenvalue weighted by Crippen LogP contribution is 2.25. The van der Waals surface area contributed by atoms with Crippen LogP contribution >= 0.6 is 11.8 Å². The van der Waals surface area contributed by atoms with Crippen LogP contribution in [0.5, 0.6) is 5.75 Å². The summed E-state index contributed by atoms with van der Waals surface area (Å²) >= 11 is 1.67. The fourth-order valence-electron chi connectivity index (χ4n) is 1.28. The highest BCUT2D eigenvalue weighted by atomic mass is 32.2. The number of ether oxygens (including phenoxy) is 1. The van der Waals surface area contributed by atoms with Gasteiger partial charge in [0.15, 0.2) is 0 Å². The minimum absolute atomic E-state index is 0.100. The van der Waals surface area contributed by atoms with Crippen LogP contribution < -0.4 is 4.74 Å². The van der Waals surface area contributed by atoms with Gasteiger partial charge in [-0.05, 0) is 29.1 Å². The minimum atomic E-state index is 0.100. The molecule has 0 aliphatic heterocycles. The van der Waals surface area contributed by atoms with Crippen LogP contribution in [0.1, 0.15) is 12.0 Å². The Bertz CT molecular complexity index is 344. The van der Waals surface area contributed by atoms with Crippen molar-refractivity contribution in [1.29, 1.82) is 0 Å². The van der Waals surface area contributed by atoms with Gasteiger partial charge < -0.3 is 9.84 Å². The standard InChI is InChI=1S/C11H15NO3S/c1-16-8-9-5-10(12-14)7-11(6-9)15-4-2-3-13/h5-7,13H,2-4,8H2,1H3. The molecule has 0 saturated carbocycles. The molecule has 0 radical (unpaired) electrons. The lowest BCUT2D eigenvalue weighted by Gasteiger charge is -2.07. The van der Waals surface area contributed by atoms with E-state index < -0.39 is 0 Å². The summed E-state index contributed by atoms with van der Waals surface area (Å²) in [5.74, 6) is 1.45.